The van der Waals surface area contributed by atoms with Crippen molar-refractivity contribution in [1.29, 1.82) is 5.26 Å². The standard InChI is InChI=1S/C19H23N3O5/c1-5-26-15-8-6-13(7-9-15)10-14(11-20)17(24)27-12-16(23)21-18(25)22-19(2,3)4/h6-10H,5,12H2,1-4H3,(H2,21,22,23,25)/b14-10+. The van der Waals surface area contributed by atoms with E-state index in [9.17, 15) is 14.4 Å². The Balaban J connectivity index is 2.62. The summed E-state index contributed by atoms with van der Waals surface area (Å²) in [5.74, 6) is -1.10. The van der Waals surface area contributed by atoms with Gasteiger partial charge in [0.2, 0.25) is 0 Å². The van der Waals surface area contributed by atoms with Crippen LogP contribution in [-0.4, -0.2) is 36.7 Å². The molecule has 0 spiro atoms. The number of urea groups is 1. The van der Waals surface area contributed by atoms with Crippen LogP contribution in [-0.2, 0) is 14.3 Å². The number of hydrogen-bond donors (Lipinski definition) is 2. The summed E-state index contributed by atoms with van der Waals surface area (Å²) in [6, 6.07) is 7.80. The van der Waals surface area contributed by atoms with Crippen LogP contribution in [0.25, 0.3) is 6.08 Å². The number of rotatable bonds is 6. The Morgan fingerprint density at radius 1 is 1.19 bits per heavy atom. The van der Waals surface area contributed by atoms with E-state index in [4.69, 9.17) is 14.7 Å². The molecule has 0 aliphatic rings. The van der Waals surface area contributed by atoms with Crippen LogP contribution in [0.2, 0.25) is 0 Å². The van der Waals surface area contributed by atoms with Gasteiger partial charge in [-0.2, -0.15) is 5.26 Å². The van der Waals surface area contributed by atoms with Crippen molar-refractivity contribution in [1.82, 2.24) is 10.6 Å². The molecule has 0 saturated heterocycles. The molecule has 0 saturated carbocycles. The molecule has 0 aliphatic carbocycles. The summed E-state index contributed by atoms with van der Waals surface area (Å²) in [7, 11) is 0. The van der Waals surface area contributed by atoms with Crippen molar-refractivity contribution in [3.05, 3.63) is 35.4 Å². The molecule has 8 nitrogen and oxygen atoms in total. The molecule has 3 amide bonds. The number of nitrogens with zero attached hydrogens (tertiary/aromatic N) is 1. The first-order chi connectivity index (χ1) is 12.6. The van der Waals surface area contributed by atoms with E-state index < -0.39 is 30.1 Å². The number of imide groups is 1. The van der Waals surface area contributed by atoms with Gasteiger partial charge in [-0.1, -0.05) is 12.1 Å². The summed E-state index contributed by atoms with van der Waals surface area (Å²) >= 11 is 0. The second-order valence-corrected chi connectivity index (χ2v) is 6.50. The Bertz CT molecular complexity index is 755. The van der Waals surface area contributed by atoms with E-state index in [1.807, 2.05) is 12.2 Å². The number of amides is 3. The van der Waals surface area contributed by atoms with Crippen LogP contribution in [0.1, 0.15) is 33.3 Å². The Morgan fingerprint density at radius 3 is 2.33 bits per heavy atom. The fourth-order valence-electron chi connectivity index (χ4n) is 1.87. The maximum atomic E-state index is 11.9. The zero-order chi connectivity index (χ0) is 20.4. The average molecular weight is 373 g/mol. The second-order valence-electron chi connectivity index (χ2n) is 6.50. The van der Waals surface area contributed by atoms with Crippen molar-refractivity contribution in [2.75, 3.05) is 13.2 Å². The SMILES string of the molecule is CCOc1ccc(/C=C(\C#N)C(=O)OCC(=O)NC(=O)NC(C)(C)C)cc1. The quantitative estimate of drug-likeness (QED) is 0.448. The maximum absolute atomic E-state index is 11.9. The van der Waals surface area contributed by atoms with Gasteiger partial charge in [-0.15, -0.1) is 0 Å². The van der Waals surface area contributed by atoms with Gasteiger partial charge >= 0.3 is 12.0 Å². The molecule has 0 heterocycles. The summed E-state index contributed by atoms with van der Waals surface area (Å²) in [5, 5.41) is 13.7. The minimum absolute atomic E-state index is 0.272. The van der Waals surface area contributed by atoms with Crippen molar-refractivity contribution >= 4 is 24.0 Å². The normalized spacial score (nSPS) is 11.1. The minimum atomic E-state index is -0.960. The summed E-state index contributed by atoms with van der Waals surface area (Å²) < 4.78 is 10.1. The van der Waals surface area contributed by atoms with E-state index in [0.29, 0.717) is 17.9 Å². The van der Waals surface area contributed by atoms with E-state index in [1.165, 1.54) is 6.08 Å². The van der Waals surface area contributed by atoms with E-state index in [2.05, 4.69) is 5.32 Å². The molecule has 8 heteroatoms. The van der Waals surface area contributed by atoms with Crippen LogP contribution >= 0.6 is 0 Å². The molecule has 0 unspecified atom stereocenters. The smallest absolute Gasteiger partial charge is 0.349 e. The second kappa shape index (κ2) is 9.97. The van der Waals surface area contributed by atoms with Crippen LogP contribution in [0.5, 0.6) is 5.75 Å². The number of ether oxygens (including phenoxy) is 2. The first-order valence-corrected chi connectivity index (χ1v) is 8.28. The molecular weight excluding hydrogens is 350 g/mol. The van der Waals surface area contributed by atoms with Crippen LogP contribution in [0.15, 0.2) is 29.8 Å². The zero-order valence-corrected chi connectivity index (χ0v) is 15.8. The molecule has 27 heavy (non-hydrogen) atoms. The third kappa shape index (κ3) is 8.54. The van der Waals surface area contributed by atoms with Gasteiger partial charge in [0, 0.05) is 5.54 Å². The molecule has 0 atom stereocenters. The van der Waals surface area contributed by atoms with Gasteiger partial charge in [0.1, 0.15) is 17.4 Å². The van der Waals surface area contributed by atoms with Gasteiger partial charge < -0.3 is 14.8 Å². The lowest BCUT2D eigenvalue weighted by atomic mass is 10.1. The highest BCUT2D eigenvalue weighted by atomic mass is 16.5. The van der Waals surface area contributed by atoms with Crippen LogP contribution < -0.4 is 15.4 Å². The summed E-state index contributed by atoms with van der Waals surface area (Å²) in [6.07, 6.45) is 1.34. The predicted molar refractivity (Wildman–Crippen MR) is 98.6 cm³/mol. The van der Waals surface area contributed by atoms with Gasteiger partial charge in [0.05, 0.1) is 6.61 Å². The van der Waals surface area contributed by atoms with Crippen molar-refractivity contribution in [2.45, 2.75) is 33.2 Å². The number of nitrogens with one attached hydrogen (secondary N) is 2. The molecule has 2 N–H and O–H groups in total. The van der Waals surface area contributed by atoms with Crippen LogP contribution in [0.4, 0.5) is 4.79 Å². The Morgan fingerprint density at radius 2 is 1.81 bits per heavy atom. The third-order valence-corrected chi connectivity index (χ3v) is 2.92. The highest BCUT2D eigenvalue weighted by molar-refractivity contribution is 6.00. The van der Waals surface area contributed by atoms with Crippen molar-refractivity contribution in [3.63, 3.8) is 0 Å². The first-order valence-electron chi connectivity index (χ1n) is 8.28. The maximum Gasteiger partial charge on any atom is 0.349 e. The highest BCUT2D eigenvalue weighted by Crippen LogP contribution is 2.15. The molecule has 0 aliphatic heterocycles. The number of nitriles is 1. The van der Waals surface area contributed by atoms with Crippen molar-refractivity contribution < 1.29 is 23.9 Å². The number of carbonyl (C=O) groups excluding carboxylic acids is 3. The van der Waals surface area contributed by atoms with Crippen LogP contribution in [0, 0.1) is 11.3 Å². The molecule has 0 bridgehead atoms. The number of carbonyl (C=O) groups is 3. The first kappa shape index (κ1) is 21.7. The molecule has 144 valence electrons. The van der Waals surface area contributed by atoms with Crippen molar-refractivity contribution in [2.24, 2.45) is 0 Å². The Hall–Kier alpha value is -3.34. The fourth-order valence-corrected chi connectivity index (χ4v) is 1.87. The van der Waals surface area contributed by atoms with Gasteiger partial charge in [-0.3, -0.25) is 10.1 Å². The van der Waals surface area contributed by atoms with E-state index in [1.54, 1.807) is 51.1 Å². The largest absolute Gasteiger partial charge is 0.494 e. The molecule has 0 fully saturated rings. The van der Waals surface area contributed by atoms with Gasteiger partial charge in [-0.05, 0) is 51.5 Å². The van der Waals surface area contributed by atoms with Gasteiger partial charge in [-0.25, -0.2) is 9.59 Å². The number of hydrogen-bond acceptors (Lipinski definition) is 6. The van der Waals surface area contributed by atoms with Crippen molar-refractivity contribution in [3.8, 4) is 11.8 Å². The Kier molecular flexibility index (Phi) is 8.01. The van der Waals surface area contributed by atoms with E-state index in [0.717, 1.165) is 0 Å². The monoisotopic (exact) mass is 373 g/mol. The van der Waals surface area contributed by atoms with Gasteiger partial charge in [0.25, 0.3) is 5.91 Å². The third-order valence-electron chi connectivity index (χ3n) is 2.92. The molecule has 0 radical (unpaired) electrons. The molecule has 1 aromatic carbocycles. The van der Waals surface area contributed by atoms with E-state index in [-0.39, 0.29) is 5.57 Å². The molecule has 1 rings (SSSR count). The number of benzene rings is 1. The lowest BCUT2D eigenvalue weighted by Gasteiger charge is -2.20. The average Bonchev–Trinajstić information content (AvgIpc) is 2.57. The summed E-state index contributed by atoms with van der Waals surface area (Å²) in [6.45, 7) is 6.96. The lowest BCUT2D eigenvalue weighted by Crippen LogP contribution is -2.49. The zero-order valence-electron chi connectivity index (χ0n) is 15.8. The topological polar surface area (TPSA) is 118 Å². The fraction of sp³-hybridized carbons (Fsp3) is 0.368. The highest BCUT2D eigenvalue weighted by Gasteiger charge is 2.17. The minimum Gasteiger partial charge on any atom is -0.494 e. The van der Waals surface area contributed by atoms with Crippen LogP contribution in [0.3, 0.4) is 0 Å². The van der Waals surface area contributed by atoms with E-state index >= 15 is 0 Å². The summed E-state index contributed by atoms with van der Waals surface area (Å²) in [5.41, 5.74) is -0.192. The molecule has 1 aromatic rings. The number of esters is 1. The van der Waals surface area contributed by atoms with Gasteiger partial charge in [0.15, 0.2) is 6.61 Å². The lowest BCUT2D eigenvalue weighted by molar-refractivity contribution is -0.144. The predicted octanol–water partition coefficient (Wildman–Crippen LogP) is 2.16. The molecular formula is C19H23N3O5. The Labute approximate surface area is 158 Å². The molecule has 0 aromatic heterocycles. The summed E-state index contributed by atoms with van der Waals surface area (Å²) in [4.78, 5) is 35.2.